The zero-order valence-electron chi connectivity index (χ0n) is 7.56. The molecule has 1 aromatic rings. The summed E-state index contributed by atoms with van der Waals surface area (Å²) in [6, 6.07) is 1.54. The Morgan fingerprint density at radius 2 is 2.29 bits per heavy atom. The summed E-state index contributed by atoms with van der Waals surface area (Å²) in [4.78, 5) is 11.4. The van der Waals surface area contributed by atoms with Crippen molar-refractivity contribution in [3.05, 3.63) is 23.1 Å². The van der Waals surface area contributed by atoms with E-state index in [1.807, 2.05) is 0 Å². The number of amides is 1. The van der Waals surface area contributed by atoms with E-state index >= 15 is 0 Å². The van der Waals surface area contributed by atoms with Gasteiger partial charge in [-0.2, -0.15) is 0 Å². The van der Waals surface area contributed by atoms with Crippen LogP contribution in [0.15, 0.2) is 16.7 Å². The van der Waals surface area contributed by atoms with E-state index in [-0.39, 0.29) is 11.1 Å². The third-order valence-electron chi connectivity index (χ3n) is 1.71. The normalized spacial score (nSPS) is 10.1. The molecule has 0 unspecified atom stereocenters. The van der Waals surface area contributed by atoms with Crippen LogP contribution >= 0.6 is 23.2 Å². The van der Waals surface area contributed by atoms with Gasteiger partial charge in [-0.15, -0.1) is 11.6 Å². The maximum absolute atomic E-state index is 11.4. The molecule has 0 saturated carbocycles. The van der Waals surface area contributed by atoms with Gasteiger partial charge in [-0.3, -0.25) is 4.79 Å². The number of nitrogens with one attached hydrogen (secondary N) is 1. The summed E-state index contributed by atoms with van der Waals surface area (Å²) in [5.41, 5.74) is 0.373. The molecule has 5 heteroatoms. The molecule has 0 aliphatic rings. The molecular weight excluding hydrogens is 225 g/mol. The SMILES string of the molecule is O=C(NCCCCCl)c1ccoc1Cl. The van der Waals surface area contributed by atoms with Gasteiger partial charge in [0, 0.05) is 12.4 Å². The maximum atomic E-state index is 11.4. The lowest BCUT2D eigenvalue weighted by atomic mass is 10.3. The van der Waals surface area contributed by atoms with Crippen molar-refractivity contribution >= 4 is 29.1 Å². The Hall–Kier alpha value is -0.670. The molecule has 0 aliphatic heterocycles. The summed E-state index contributed by atoms with van der Waals surface area (Å²) in [7, 11) is 0. The van der Waals surface area contributed by atoms with Crippen molar-refractivity contribution in [3.8, 4) is 0 Å². The number of carbonyl (C=O) groups excluding carboxylic acids is 1. The number of hydrogen-bond donors (Lipinski definition) is 1. The number of halogens is 2. The van der Waals surface area contributed by atoms with Crippen LogP contribution in [0.5, 0.6) is 0 Å². The van der Waals surface area contributed by atoms with Crippen molar-refractivity contribution in [3.63, 3.8) is 0 Å². The number of carbonyl (C=O) groups is 1. The quantitative estimate of drug-likeness (QED) is 0.630. The van der Waals surface area contributed by atoms with Gasteiger partial charge in [0.15, 0.2) is 0 Å². The van der Waals surface area contributed by atoms with Crippen LogP contribution in [0, 0.1) is 0 Å². The van der Waals surface area contributed by atoms with E-state index in [4.69, 9.17) is 27.6 Å². The van der Waals surface area contributed by atoms with Gasteiger partial charge >= 0.3 is 0 Å². The Bertz CT molecular complexity index is 299. The number of rotatable bonds is 5. The molecule has 1 N–H and O–H groups in total. The van der Waals surface area contributed by atoms with Gasteiger partial charge in [-0.05, 0) is 30.5 Å². The minimum atomic E-state index is -0.210. The first-order chi connectivity index (χ1) is 6.75. The largest absolute Gasteiger partial charge is 0.452 e. The zero-order valence-corrected chi connectivity index (χ0v) is 9.07. The van der Waals surface area contributed by atoms with Crippen molar-refractivity contribution in [2.45, 2.75) is 12.8 Å². The topological polar surface area (TPSA) is 42.2 Å². The summed E-state index contributed by atoms with van der Waals surface area (Å²) >= 11 is 11.1. The fourth-order valence-corrected chi connectivity index (χ4v) is 1.36. The van der Waals surface area contributed by atoms with Crippen molar-refractivity contribution in [1.82, 2.24) is 5.32 Å². The van der Waals surface area contributed by atoms with Crippen molar-refractivity contribution in [2.75, 3.05) is 12.4 Å². The van der Waals surface area contributed by atoms with E-state index in [9.17, 15) is 4.79 Å². The Kier molecular flexibility index (Phi) is 4.84. The highest BCUT2D eigenvalue weighted by Gasteiger charge is 2.11. The number of hydrogen-bond acceptors (Lipinski definition) is 2. The van der Waals surface area contributed by atoms with E-state index in [1.54, 1.807) is 6.07 Å². The predicted molar refractivity (Wildman–Crippen MR) is 56.0 cm³/mol. The van der Waals surface area contributed by atoms with Gasteiger partial charge in [0.2, 0.25) is 5.22 Å². The van der Waals surface area contributed by atoms with Crippen LogP contribution in [0.3, 0.4) is 0 Å². The molecule has 0 fully saturated rings. The fourth-order valence-electron chi connectivity index (χ4n) is 0.972. The molecule has 0 spiro atoms. The first kappa shape index (κ1) is 11.4. The van der Waals surface area contributed by atoms with Gasteiger partial charge < -0.3 is 9.73 Å². The molecule has 14 heavy (non-hydrogen) atoms. The molecule has 78 valence electrons. The second-order valence-corrected chi connectivity index (χ2v) is 3.48. The van der Waals surface area contributed by atoms with Crippen molar-refractivity contribution in [1.29, 1.82) is 0 Å². The van der Waals surface area contributed by atoms with Crippen LogP contribution in [0.1, 0.15) is 23.2 Å². The van der Waals surface area contributed by atoms with Crippen LogP contribution in [-0.2, 0) is 0 Å². The number of unbranched alkanes of at least 4 members (excludes halogenated alkanes) is 1. The minimum absolute atomic E-state index is 0.125. The smallest absolute Gasteiger partial charge is 0.256 e. The minimum Gasteiger partial charge on any atom is -0.452 e. The number of furan rings is 1. The Balaban J connectivity index is 2.32. The molecule has 0 aromatic carbocycles. The lowest BCUT2D eigenvalue weighted by Gasteiger charge is -2.01. The average Bonchev–Trinajstić information content (AvgIpc) is 2.59. The summed E-state index contributed by atoms with van der Waals surface area (Å²) in [6.07, 6.45) is 3.14. The van der Waals surface area contributed by atoms with E-state index in [2.05, 4.69) is 5.32 Å². The Morgan fingerprint density at radius 1 is 1.50 bits per heavy atom. The standard InChI is InChI=1S/C9H11Cl2NO2/c10-4-1-2-5-12-9(13)7-3-6-14-8(7)11/h3,6H,1-2,4-5H2,(H,12,13). The Morgan fingerprint density at radius 3 is 2.86 bits per heavy atom. The van der Waals surface area contributed by atoms with E-state index in [1.165, 1.54) is 6.26 Å². The third kappa shape index (κ3) is 3.24. The summed E-state index contributed by atoms with van der Waals surface area (Å²) in [6.45, 7) is 0.604. The molecule has 0 bridgehead atoms. The predicted octanol–water partition coefficient (Wildman–Crippen LogP) is 2.68. The molecule has 1 heterocycles. The van der Waals surface area contributed by atoms with Crippen molar-refractivity contribution < 1.29 is 9.21 Å². The van der Waals surface area contributed by atoms with Crippen LogP contribution in [0.4, 0.5) is 0 Å². The summed E-state index contributed by atoms with van der Waals surface area (Å²) in [5, 5.41) is 2.84. The molecule has 1 rings (SSSR count). The van der Waals surface area contributed by atoms with Gasteiger partial charge in [-0.1, -0.05) is 0 Å². The molecule has 0 saturated heterocycles. The van der Waals surface area contributed by atoms with E-state index < -0.39 is 0 Å². The molecule has 0 radical (unpaired) electrons. The van der Waals surface area contributed by atoms with Crippen LogP contribution in [0.25, 0.3) is 0 Å². The van der Waals surface area contributed by atoms with E-state index in [0.717, 1.165) is 12.8 Å². The monoisotopic (exact) mass is 235 g/mol. The number of alkyl halides is 1. The molecule has 1 amide bonds. The third-order valence-corrected chi connectivity index (χ3v) is 2.27. The highest BCUT2D eigenvalue weighted by atomic mass is 35.5. The summed E-state index contributed by atoms with van der Waals surface area (Å²) < 4.78 is 4.80. The van der Waals surface area contributed by atoms with Gasteiger partial charge in [0.05, 0.1) is 11.8 Å². The summed E-state index contributed by atoms with van der Waals surface area (Å²) in [5.74, 6) is 0.404. The van der Waals surface area contributed by atoms with Crippen LogP contribution < -0.4 is 5.32 Å². The zero-order chi connectivity index (χ0) is 10.4. The maximum Gasteiger partial charge on any atom is 0.256 e. The lowest BCUT2D eigenvalue weighted by Crippen LogP contribution is -2.24. The first-order valence-corrected chi connectivity index (χ1v) is 5.24. The molecule has 0 aliphatic carbocycles. The first-order valence-electron chi connectivity index (χ1n) is 4.33. The fraction of sp³-hybridized carbons (Fsp3) is 0.444. The lowest BCUT2D eigenvalue weighted by molar-refractivity contribution is 0.0953. The molecule has 0 atom stereocenters. The molecule has 3 nitrogen and oxygen atoms in total. The molecular formula is C9H11Cl2NO2. The molecule has 1 aromatic heterocycles. The highest BCUT2D eigenvalue weighted by Crippen LogP contribution is 2.15. The second-order valence-electron chi connectivity index (χ2n) is 2.76. The van der Waals surface area contributed by atoms with Crippen molar-refractivity contribution in [2.24, 2.45) is 0 Å². The van der Waals surface area contributed by atoms with Crippen LogP contribution in [-0.4, -0.2) is 18.3 Å². The van der Waals surface area contributed by atoms with E-state index in [0.29, 0.717) is 18.0 Å². The van der Waals surface area contributed by atoms with Gasteiger partial charge in [-0.25, -0.2) is 0 Å². The highest BCUT2D eigenvalue weighted by molar-refractivity contribution is 6.32. The van der Waals surface area contributed by atoms with Crippen LogP contribution in [0.2, 0.25) is 5.22 Å². The van der Waals surface area contributed by atoms with Gasteiger partial charge in [0.25, 0.3) is 5.91 Å². The average molecular weight is 236 g/mol. The van der Waals surface area contributed by atoms with Gasteiger partial charge in [0.1, 0.15) is 0 Å². The Labute approximate surface area is 92.4 Å². The second kappa shape index (κ2) is 5.94.